The summed E-state index contributed by atoms with van der Waals surface area (Å²) in [6.07, 6.45) is 4.56. The van der Waals surface area contributed by atoms with Gasteiger partial charge in [0, 0.05) is 24.4 Å². The van der Waals surface area contributed by atoms with Crippen molar-refractivity contribution in [2.24, 2.45) is 5.92 Å². The zero-order valence-electron chi connectivity index (χ0n) is 11.4. The Balaban J connectivity index is 2.14. The minimum absolute atomic E-state index is 0.268. The molecule has 1 unspecified atom stereocenters. The number of nitrogens with zero attached hydrogens (tertiary/aromatic N) is 2. The first-order valence-electron chi connectivity index (χ1n) is 7.03. The van der Waals surface area contributed by atoms with Gasteiger partial charge in [-0.15, -0.1) is 11.6 Å². The summed E-state index contributed by atoms with van der Waals surface area (Å²) < 4.78 is 16.4. The molecule has 108 valence electrons. The van der Waals surface area contributed by atoms with Crippen molar-refractivity contribution in [2.45, 2.75) is 38.6 Å². The van der Waals surface area contributed by atoms with E-state index in [1.807, 2.05) is 6.07 Å². The van der Waals surface area contributed by atoms with Gasteiger partial charge in [0.15, 0.2) is 0 Å². The number of benzene rings is 1. The molecule has 1 aromatic heterocycles. The highest BCUT2D eigenvalue weighted by atomic mass is 79.9. The van der Waals surface area contributed by atoms with Gasteiger partial charge in [0.25, 0.3) is 0 Å². The van der Waals surface area contributed by atoms with Crippen LogP contribution in [-0.4, -0.2) is 15.4 Å². The molecular weight excluding hydrogens is 343 g/mol. The van der Waals surface area contributed by atoms with Crippen molar-refractivity contribution < 1.29 is 4.39 Å². The molecule has 0 saturated heterocycles. The first-order valence-corrected chi connectivity index (χ1v) is 8.36. The predicted octanol–water partition coefficient (Wildman–Crippen LogP) is 5.08. The van der Waals surface area contributed by atoms with Crippen LogP contribution in [0.1, 0.15) is 38.1 Å². The van der Waals surface area contributed by atoms with Crippen LogP contribution in [0.25, 0.3) is 11.0 Å². The Kier molecular flexibility index (Phi) is 4.04. The topological polar surface area (TPSA) is 17.8 Å². The highest BCUT2D eigenvalue weighted by molar-refractivity contribution is 9.10. The summed E-state index contributed by atoms with van der Waals surface area (Å²) in [5, 5.41) is 0. The van der Waals surface area contributed by atoms with Crippen LogP contribution in [0, 0.1) is 11.7 Å². The van der Waals surface area contributed by atoms with Crippen molar-refractivity contribution in [3.05, 3.63) is 28.2 Å². The smallest absolute Gasteiger partial charge is 0.139 e. The molecule has 0 aliphatic heterocycles. The van der Waals surface area contributed by atoms with Crippen LogP contribution < -0.4 is 0 Å². The second kappa shape index (κ2) is 5.64. The number of alkyl halides is 1. The SMILES string of the molecule is CC(C1CCC1)n1c(CCCl)nc2cc(F)c(Br)cc21. The molecule has 5 heteroatoms. The number of hydrogen-bond acceptors (Lipinski definition) is 1. The molecule has 0 spiro atoms. The maximum Gasteiger partial charge on any atom is 0.139 e. The van der Waals surface area contributed by atoms with E-state index in [1.54, 1.807) is 0 Å². The molecule has 0 N–H and O–H groups in total. The monoisotopic (exact) mass is 358 g/mol. The highest BCUT2D eigenvalue weighted by Gasteiger charge is 2.28. The highest BCUT2D eigenvalue weighted by Crippen LogP contribution is 2.39. The molecule has 1 atom stereocenters. The lowest BCUT2D eigenvalue weighted by atomic mass is 9.80. The van der Waals surface area contributed by atoms with E-state index in [9.17, 15) is 4.39 Å². The Morgan fingerprint density at radius 3 is 2.85 bits per heavy atom. The van der Waals surface area contributed by atoms with Gasteiger partial charge < -0.3 is 4.57 Å². The molecule has 1 aliphatic rings. The molecule has 0 amide bonds. The first-order chi connectivity index (χ1) is 9.61. The van der Waals surface area contributed by atoms with Gasteiger partial charge >= 0.3 is 0 Å². The maximum absolute atomic E-state index is 13.7. The summed E-state index contributed by atoms with van der Waals surface area (Å²) >= 11 is 9.17. The summed E-state index contributed by atoms with van der Waals surface area (Å²) in [5.41, 5.74) is 1.72. The molecule has 20 heavy (non-hydrogen) atoms. The van der Waals surface area contributed by atoms with Gasteiger partial charge in [0.05, 0.1) is 15.5 Å². The summed E-state index contributed by atoms with van der Waals surface area (Å²) in [5.74, 6) is 1.93. The molecule has 0 bridgehead atoms. The van der Waals surface area contributed by atoms with E-state index in [4.69, 9.17) is 11.6 Å². The number of aryl methyl sites for hydroxylation is 1. The Hall–Kier alpha value is -0.610. The van der Waals surface area contributed by atoms with Crippen molar-refractivity contribution in [2.75, 3.05) is 5.88 Å². The molecule has 2 aromatic rings. The summed E-state index contributed by atoms with van der Waals surface area (Å²) in [6.45, 7) is 2.24. The molecule has 1 aromatic carbocycles. The van der Waals surface area contributed by atoms with Gasteiger partial charge in [-0.3, -0.25) is 0 Å². The second-order valence-electron chi connectivity index (χ2n) is 5.52. The van der Waals surface area contributed by atoms with Crippen LogP contribution in [0.4, 0.5) is 4.39 Å². The number of imidazole rings is 1. The summed E-state index contributed by atoms with van der Waals surface area (Å²) in [4.78, 5) is 4.58. The Morgan fingerprint density at radius 1 is 1.50 bits per heavy atom. The lowest BCUT2D eigenvalue weighted by Crippen LogP contribution is -2.24. The minimum atomic E-state index is -0.268. The molecule has 0 radical (unpaired) electrons. The lowest BCUT2D eigenvalue weighted by molar-refractivity contribution is 0.223. The molecule has 1 heterocycles. The van der Waals surface area contributed by atoms with Crippen LogP contribution in [0.5, 0.6) is 0 Å². The van der Waals surface area contributed by atoms with Crippen molar-refractivity contribution in [1.29, 1.82) is 0 Å². The second-order valence-corrected chi connectivity index (χ2v) is 6.76. The minimum Gasteiger partial charge on any atom is -0.325 e. The molecule has 2 nitrogen and oxygen atoms in total. The number of fused-ring (bicyclic) bond motifs is 1. The normalized spacial score (nSPS) is 17.4. The standard InChI is InChI=1S/C15H17BrClFN2/c1-9(10-3-2-4-10)20-14-7-11(16)12(18)8-13(14)19-15(20)5-6-17/h7-10H,2-6H2,1H3. The van der Waals surface area contributed by atoms with Crippen molar-refractivity contribution in [3.63, 3.8) is 0 Å². The average molecular weight is 360 g/mol. The van der Waals surface area contributed by atoms with Gasteiger partial charge in [-0.2, -0.15) is 0 Å². The third-order valence-corrected chi connectivity index (χ3v) is 5.16. The van der Waals surface area contributed by atoms with E-state index in [2.05, 4.69) is 32.4 Å². The van der Waals surface area contributed by atoms with E-state index >= 15 is 0 Å². The fourth-order valence-corrected chi connectivity index (χ4v) is 3.49. The number of hydrogen-bond donors (Lipinski definition) is 0. The lowest BCUT2D eigenvalue weighted by Gasteiger charge is -2.33. The fourth-order valence-electron chi connectivity index (χ4n) is 2.99. The van der Waals surface area contributed by atoms with Gasteiger partial charge in [-0.1, -0.05) is 6.42 Å². The van der Waals surface area contributed by atoms with Gasteiger partial charge in [0.2, 0.25) is 0 Å². The predicted molar refractivity (Wildman–Crippen MR) is 83.9 cm³/mol. The Bertz CT molecular complexity index is 636. The van der Waals surface area contributed by atoms with E-state index in [0.29, 0.717) is 28.7 Å². The van der Waals surface area contributed by atoms with Crippen molar-refractivity contribution >= 4 is 38.6 Å². The molecule has 1 saturated carbocycles. The maximum atomic E-state index is 13.7. The number of aromatic nitrogens is 2. The molecule has 3 rings (SSSR count). The summed E-state index contributed by atoms with van der Waals surface area (Å²) in [7, 11) is 0. The van der Waals surface area contributed by atoms with Crippen LogP contribution in [0.15, 0.2) is 16.6 Å². The van der Waals surface area contributed by atoms with E-state index in [1.165, 1.54) is 25.3 Å². The van der Waals surface area contributed by atoms with E-state index in [-0.39, 0.29) is 5.82 Å². The van der Waals surface area contributed by atoms with Crippen LogP contribution >= 0.6 is 27.5 Å². The third-order valence-electron chi connectivity index (χ3n) is 4.36. The third kappa shape index (κ3) is 2.37. The van der Waals surface area contributed by atoms with Gasteiger partial charge in [-0.05, 0) is 47.7 Å². The van der Waals surface area contributed by atoms with Gasteiger partial charge in [0.1, 0.15) is 11.6 Å². The van der Waals surface area contributed by atoms with Crippen LogP contribution in [0.2, 0.25) is 0 Å². The number of rotatable bonds is 4. The molecule has 1 aliphatic carbocycles. The zero-order valence-corrected chi connectivity index (χ0v) is 13.7. The van der Waals surface area contributed by atoms with E-state index < -0.39 is 0 Å². The zero-order chi connectivity index (χ0) is 14.3. The largest absolute Gasteiger partial charge is 0.325 e. The number of halogens is 3. The van der Waals surface area contributed by atoms with Crippen LogP contribution in [0.3, 0.4) is 0 Å². The quantitative estimate of drug-likeness (QED) is 0.696. The van der Waals surface area contributed by atoms with E-state index in [0.717, 1.165) is 16.9 Å². The first kappa shape index (κ1) is 14.3. The Labute approximate surface area is 131 Å². The summed E-state index contributed by atoms with van der Waals surface area (Å²) in [6, 6.07) is 3.73. The molecular formula is C15H17BrClFN2. The fraction of sp³-hybridized carbons (Fsp3) is 0.533. The average Bonchev–Trinajstić information content (AvgIpc) is 2.65. The van der Waals surface area contributed by atoms with Crippen LogP contribution in [-0.2, 0) is 6.42 Å². The van der Waals surface area contributed by atoms with Gasteiger partial charge in [-0.25, -0.2) is 9.37 Å². The van der Waals surface area contributed by atoms with Crippen molar-refractivity contribution in [1.82, 2.24) is 9.55 Å². The Morgan fingerprint density at radius 2 is 2.25 bits per heavy atom. The van der Waals surface area contributed by atoms with Crippen molar-refractivity contribution in [3.8, 4) is 0 Å². The molecule has 1 fully saturated rings.